The van der Waals surface area contributed by atoms with Crippen molar-refractivity contribution >= 4 is 11.8 Å². The van der Waals surface area contributed by atoms with Crippen molar-refractivity contribution in [2.24, 2.45) is 29.6 Å². The van der Waals surface area contributed by atoms with Crippen molar-refractivity contribution < 1.29 is 34.0 Å². The van der Waals surface area contributed by atoms with Crippen LogP contribution in [0.4, 0.5) is 0 Å². The highest BCUT2D eigenvalue weighted by Crippen LogP contribution is 2.32. The predicted molar refractivity (Wildman–Crippen MR) is 138 cm³/mol. The summed E-state index contributed by atoms with van der Waals surface area (Å²) in [6.45, 7) is 13.2. The number of rotatable bonds is 4. The third-order valence-corrected chi connectivity index (χ3v) is 7.91. The van der Waals surface area contributed by atoms with Gasteiger partial charge in [0.25, 0.3) is 0 Å². The maximum Gasteiger partial charge on any atom is 0.311 e. The molecule has 2 fully saturated rings. The summed E-state index contributed by atoms with van der Waals surface area (Å²) in [6, 6.07) is -0.142. The minimum Gasteiger partial charge on any atom is -0.462 e. The van der Waals surface area contributed by atoms with Crippen LogP contribution in [0, 0.1) is 42.4 Å². The van der Waals surface area contributed by atoms with E-state index in [0.29, 0.717) is 19.3 Å². The Morgan fingerprint density at radius 1 is 1.03 bits per heavy atom. The minimum atomic E-state index is -1.13. The fourth-order valence-electron chi connectivity index (χ4n) is 5.43. The lowest BCUT2D eigenvalue weighted by molar-refractivity contribution is -0.270. The molecule has 2 saturated heterocycles. The van der Waals surface area contributed by atoms with Gasteiger partial charge in [-0.3, -0.25) is 9.59 Å². The number of aliphatic hydroxyl groups excluding tert-OH is 2. The van der Waals surface area contributed by atoms with Gasteiger partial charge in [0.2, 0.25) is 0 Å². The molecule has 0 aromatic rings. The number of ether oxygens (including phenoxy) is 3. The number of carbonyl (C=O) groups excluding carboxylic acids is 2. The molecule has 8 nitrogen and oxygen atoms in total. The second kappa shape index (κ2) is 13.7. The summed E-state index contributed by atoms with van der Waals surface area (Å²) in [4.78, 5) is 28.0. The standard InChI is InChI=1S/C28H49NO7/c1-10-23-15(2)11-17(4)25(31)18(5)12-16(3)24(14-22(30)20(7)27(33)35-23)36-28-26(32)21(29(8)9)13-19(6)34-28/h11,14-24,26,28,30,32H,10,12-13H2,1-9H3/t15-,16+,17-,18-,19?,20-,21?,22+,23-,24-,26?,28?/m1/s1. The van der Waals surface area contributed by atoms with Gasteiger partial charge in [-0.15, -0.1) is 0 Å². The van der Waals surface area contributed by atoms with E-state index in [9.17, 15) is 19.8 Å². The third kappa shape index (κ3) is 7.97. The van der Waals surface area contributed by atoms with E-state index < -0.39 is 36.5 Å². The molecule has 2 aliphatic heterocycles. The van der Waals surface area contributed by atoms with Crippen molar-refractivity contribution in [2.75, 3.05) is 14.1 Å². The van der Waals surface area contributed by atoms with Gasteiger partial charge in [-0.05, 0) is 65.5 Å². The number of ketones is 1. The zero-order valence-electron chi connectivity index (χ0n) is 23.6. The quantitative estimate of drug-likeness (QED) is 0.555. The molecule has 2 N–H and O–H groups in total. The maximum atomic E-state index is 13.2. The summed E-state index contributed by atoms with van der Waals surface area (Å²) in [7, 11) is 3.82. The molecule has 0 aromatic heterocycles. The van der Waals surface area contributed by atoms with Gasteiger partial charge >= 0.3 is 5.97 Å². The van der Waals surface area contributed by atoms with Crippen LogP contribution < -0.4 is 0 Å². The number of Topliss-reactive ketones (excluding diaryl/α,β-unsaturated/α-hetero) is 1. The van der Waals surface area contributed by atoms with Gasteiger partial charge in [-0.25, -0.2) is 0 Å². The van der Waals surface area contributed by atoms with Crippen LogP contribution in [-0.4, -0.2) is 83.8 Å². The topological polar surface area (TPSA) is 106 Å². The second-order valence-corrected chi connectivity index (χ2v) is 11.4. The Balaban J connectivity index is 2.32. The van der Waals surface area contributed by atoms with Crippen molar-refractivity contribution in [2.45, 2.75) is 111 Å². The number of cyclic esters (lactones) is 1. The summed E-state index contributed by atoms with van der Waals surface area (Å²) in [5.74, 6) is -1.95. The summed E-state index contributed by atoms with van der Waals surface area (Å²) >= 11 is 0. The van der Waals surface area contributed by atoms with Gasteiger partial charge in [0.1, 0.15) is 18.0 Å². The van der Waals surface area contributed by atoms with Gasteiger partial charge in [0.15, 0.2) is 6.29 Å². The molecule has 12 atom stereocenters. The van der Waals surface area contributed by atoms with E-state index in [1.807, 2.05) is 67.0 Å². The van der Waals surface area contributed by atoms with Crippen molar-refractivity contribution in [1.82, 2.24) is 4.90 Å². The van der Waals surface area contributed by atoms with E-state index in [2.05, 4.69) is 0 Å². The van der Waals surface area contributed by atoms with E-state index in [1.54, 1.807) is 13.3 Å². The zero-order chi connectivity index (χ0) is 27.3. The lowest BCUT2D eigenvalue weighted by atomic mass is 9.80. The lowest BCUT2D eigenvalue weighted by Crippen LogP contribution is -2.55. The van der Waals surface area contributed by atoms with Crippen LogP contribution in [0.25, 0.3) is 0 Å². The molecule has 2 radical (unpaired) electrons. The third-order valence-electron chi connectivity index (χ3n) is 7.91. The maximum absolute atomic E-state index is 13.2. The number of nitrogens with zero attached hydrogens (tertiary/aromatic N) is 1. The van der Waals surface area contributed by atoms with E-state index >= 15 is 0 Å². The average molecular weight is 512 g/mol. The highest BCUT2D eigenvalue weighted by Gasteiger charge is 2.41. The molecule has 208 valence electrons. The Bertz CT molecular complexity index is 716. The number of carbonyl (C=O) groups is 2. The normalized spacial score (nSPS) is 44.2. The average Bonchev–Trinajstić information content (AvgIpc) is 2.81. The second-order valence-electron chi connectivity index (χ2n) is 11.4. The van der Waals surface area contributed by atoms with Crippen LogP contribution in [0.5, 0.6) is 0 Å². The van der Waals surface area contributed by atoms with E-state index in [-0.39, 0.29) is 47.7 Å². The molecule has 0 aromatic carbocycles. The summed E-state index contributed by atoms with van der Waals surface area (Å²) in [5, 5.41) is 22.0. The molecule has 0 bridgehead atoms. The van der Waals surface area contributed by atoms with Crippen LogP contribution in [0.2, 0.25) is 0 Å². The highest BCUT2D eigenvalue weighted by atomic mass is 16.7. The van der Waals surface area contributed by atoms with Crippen LogP contribution >= 0.6 is 0 Å². The fraction of sp³-hybridized carbons (Fsp3) is 0.857. The number of aliphatic hydroxyl groups is 2. The molecule has 8 heteroatoms. The number of likely N-dealkylation sites (N-methyl/N-ethyl adjacent to an activating group) is 1. The van der Waals surface area contributed by atoms with Crippen molar-refractivity contribution in [3.8, 4) is 0 Å². The fourth-order valence-corrected chi connectivity index (χ4v) is 5.43. The Morgan fingerprint density at radius 3 is 2.25 bits per heavy atom. The number of esters is 1. The van der Waals surface area contributed by atoms with Crippen LogP contribution in [-0.2, 0) is 23.8 Å². The molecule has 0 amide bonds. The Kier molecular flexibility index (Phi) is 11.8. The predicted octanol–water partition coefficient (Wildman–Crippen LogP) is 3.04. The molecular weight excluding hydrogens is 462 g/mol. The summed E-state index contributed by atoms with van der Waals surface area (Å²) in [5.41, 5.74) is 0. The zero-order valence-corrected chi connectivity index (χ0v) is 23.6. The van der Waals surface area contributed by atoms with Crippen LogP contribution in [0.15, 0.2) is 0 Å². The Morgan fingerprint density at radius 2 is 1.67 bits per heavy atom. The highest BCUT2D eigenvalue weighted by molar-refractivity contribution is 5.84. The van der Waals surface area contributed by atoms with Gasteiger partial charge in [-0.2, -0.15) is 0 Å². The van der Waals surface area contributed by atoms with Gasteiger partial charge < -0.3 is 29.3 Å². The molecule has 0 spiro atoms. The first-order valence-electron chi connectivity index (χ1n) is 13.5. The lowest BCUT2D eigenvalue weighted by Gasteiger charge is -2.43. The van der Waals surface area contributed by atoms with Crippen molar-refractivity contribution in [1.29, 1.82) is 0 Å². The molecule has 4 unspecified atom stereocenters. The summed E-state index contributed by atoms with van der Waals surface area (Å²) in [6.07, 6.45) is 1.31. The first-order chi connectivity index (χ1) is 16.8. The monoisotopic (exact) mass is 511 g/mol. The largest absolute Gasteiger partial charge is 0.462 e. The smallest absolute Gasteiger partial charge is 0.311 e. The molecule has 2 aliphatic rings. The summed E-state index contributed by atoms with van der Waals surface area (Å²) < 4.78 is 18.0. The molecule has 0 saturated carbocycles. The molecule has 36 heavy (non-hydrogen) atoms. The Hall–Kier alpha value is -1.06. The van der Waals surface area contributed by atoms with Crippen LogP contribution in [0.1, 0.15) is 67.7 Å². The molecular formula is C28H49NO7. The van der Waals surface area contributed by atoms with Crippen molar-refractivity contribution in [3.63, 3.8) is 0 Å². The first kappa shape index (κ1) is 31.2. The van der Waals surface area contributed by atoms with E-state index in [4.69, 9.17) is 14.2 Å². The SMILES string of the molecule is CC[C@H]1OC(=O)[C@H](C)[C@@H](O)[CH][C@@H](OC2OC(C)CC(N(C)C)C2O)[C@@H](C)C[C@@H](C)C(=O)[C@H](C)[CH][C@H]1C. The van der Waals surface area contributed by atoms with Gasteiger partial charge in [-0.1, -0.05) is 34.6 Å². The molecule has 2 heterocycles. The van der Waals surface area contributed by atoms with Crippen LogP contribution in [0.3, 0.4) is 0 Å². The number of hydrogen-bond acceptors (Lipinski definition) is 8. The number of hydrogen-bond donors (Lipinski definition) is 2. The molecule has 2 rings (SSSR count). The first-order valence-corrected chi connectivity index (χ1v) is 13.5. The Labute approximate surface area is 218 Å². The van der Waals surface area contributed by atoms with Crippen molar-refractivity contribution in [3.05, 3.63) is 12.8 Å². The van der Waals surface area contributed by atoms with E-state index in [0.717, 1.165) is 0 Å². The van der Waals surface area contributed by atoms with Gasteiger partial charge in [0.05, 0.1) is 24.2 Å². The van der Waals surface area contributed by atoms with E-state index in [1.165, 1.54) is 0 Å². The minimum absolute atomic E-state index is 0.0913. The molecule has 0 aliphatic carbocycles. The van der Waals surface area contributed by atoms with Gasteiger partial charge in [0, 0.05) is 24.3 Å².